The number of carbonyl (C=O) groups excluding carboxylic acids is 1. The molecular formula is C17H20O2S. The number of ether oxygens (including phenoxy) is 1. The van der Waals surface area contributed by atoms with Crippen LogP contribution < -0.4 is 4.74 Å². The van der Waals surface area contributed by atoms with Gasteiger partial charge in [-0.15, -0.1) is 11.3 Å². The van der Waals surface area contributed by atoms with Crippen LogP contribution in [0.1, 0.15) is 39.0 Å². The monoisotopic (exact) mass is 288 g/mol. The molecule has 20 heavy (non-hydrogen) atoms. The normalized spacial score (nSPS) is 10.6. The van der Waals surface area contributed by atoms with Crippen molar-refractivity contribution in [3.8, 4) is 5.75 Å². The van der Waals surface area contributed by atoms with Gasteiger partial charge in [-0.2, -0.15) is 0 Å². The Morgan fingerprint density at radius 3 is 2.45 bits per heavy atom. The number of benzene rings is 1. The van der Waals surface area contributed by atoms with Crippen molar-refractivity contribution in [2.24, 2.45) is 0 Å². The summed E-state index contributed by atoms with van der Waals surface area (Å²) in [5.74, 6) is 0.798. The maximum Gasteiger partial charge on any atom is 0.201 e. The van der Waals surface area contributed by atoms with Crippen LogP contribution in [-0.2, 0) is 6.42 Å². The van der Waals surface area contributed by atoms with Crippen LogP contribution in [0.25, 0.3) is 0 Å². The Balaban J connectivity index is 1.94. The van der Waals surface area contributed by atoms with E-state index >= 15 is 0 Å². The molecule has 0 aliphatic rings. The van der Waals surface area contributed by atoms with Crippen LogP contribution in [0, 0.1) is 13.8 Å². The smallest absolute Gasteiger partial charge is 0.201 e. The van der Waals surface area contributed by atoms with Crippen LogP contribution in [0.5, 0.6) is 5.75 Å². The van der Waals surface area contributed by atoms with Gasteiger partial charge in [-0.1, -0.05) is 25.5 Å². The molecular weight excluding hydrogens is 268 g/mol. The first-order valence-electron chi connectivity index (χ1n) is 6.92. The molecule has 2 aromatic rings. The number of hydrogen-bond acceptors (Lipinski definition) is 3. The molecule has 0 spiro atoms. The van der Waals surface area contributed by atoms with E-state index in [1.54, 1.807) is 11.3 Å². The van der Waals surface area contributed by atoms with Crippen LogP contribution in [0.3, 0.4) is 0 Å². The van der Waals surface area contributed by atoms with Gasteiger partial charge < -0.3 is 4.74 Å². The second-order valence-corrected chi connectivity index (χ2v) is 6.39. The lowest BCUT2D eigenvalue weighted by molar-refractivity contribution is 0.0921. The molecule has 2 rings (SSSR count). The minimum Gasteiger partial charge on any atom is -0.485 e. The van der Waals surface area contributed by atoms with Crippen molar-refractivity contribution >= 4 is 17.1 Å². The molecule has 0 bridgehead atoms. The molecule has 0 aliphatic carbocycles. The van der Waals surface area contributed by atoms with Gasteiger partial charge in [0.2, 0.25) is 5.78 Å². The summed E-state index contributed by atoms with van der Waals surface area (Å²) in [5, 5.41) is 0. The first-order valence-corrected chi connectivity index (χ1v) is 7.73. The Morgan fingerprint density at radius 1 is 1.20 bits per heavy atom. The lowest BCUT2D eigenvalue weighted by Crippen LogP contribution is -2.11. The second kappa shape index (κ2) is 6.71. The maximum atomic E-state index is 12.1. The summed E-state index contributed by atoms with van der Waals surface area (Å²) in [5.41, 5.74) is 2.09. The van der Waals surface area contributed by atoms with E-state index in [2.05, 4.69) is 19.1 Å². The number of hydrogen-bond donors (Lipinski definition) is 0. The van der Waals surface area contributed by atoms with Crippen LogP contribution in [-0.4, -0.2) is 12.4 Å². The Morgan fingerprint density at radius 2 is 1.90 bits per heavy atom. The first kappa shape index (κ1) is 14.8. The van der Waals surface area contributed by atoms with Crippen LogP contribution in [0.2, 0.25) is 0 Å². The summed E-state index contributed by atoms with van der Waals surface area (Å²) in [6, 6.07) is 9.93. The van der Waals surface area contributed by atoms with Crippen molar-refractivity contribution in [3.63, 3.8) is 0 Å². The zero-order chi connectivity index (χ0) is 14.5. The minimum atomic E-state index is 0.0458. The van der Waals surface area contributed by atoms with Gasteiger partial charge in [-0.05, 0) is 44.0 Å². The van der Waals surface area contributed by atoms with E-state index in [0.29, 0.717) is 0 Å². The molecule has 0 saturated heterocycles. The van der Waals surface area contributed by atoms with Crippen LogP contribution in [0.15, 0.2) is 30.3 Å². The second-order valence-electron chi connectivity index (χ2n) is 4.93. The highest BCUT2D eigenvalue weighted by molar-refractivity contribution is 7.12. The molecule has 0 saturated carbocycles. The zero-order valence-corrected chi connectivity index (χ0v) is 13.0. The highest BCUT2D eigenvalue weighted by Crippen LogP contribution is 2.21. The molecule has 0 fully saturated rings. The average Bonchev–Trinajstić information content (AvgIpc) is 2.77. The number of Topliss-reactive ketones (excluding diaryl/α,β-unsaturated/α-hetero) is 1. The number of aryl methyl sites for hydroxylation is 3. The molecule has 2 nitrogen and oxygen atoms in total. The standard InChI is InChI=1S/C17H20O2S/c1-4-5-14-6-8-15(9-7-14)19-11-17(18)16-10-12(2)20-13(16)3/h6-10H,4-5,11H2,1-3H3. The van der Waals surface area contributed by atoms with Crippen molar-refractivity contribution in [1.82, 2.24) is 0 Å². The molecule has 106 valence electrons. The molecule has 1 heterocycles. The molecule has 1 aromatic carbocycles. The van der Waals surface area contributed by atoms with E-state index in [9.17, 15) is 4.79 Å². The predicted molar refractivity (Wildman–Crippen MR) is 84.1 cm³/mol. The molecule has 0 unspecified atom stereocenters. The molecule has 3 heteroatoms. The fourth-order valence-electron chi connectivity index (χ4n) is 2.18. The summed E-state index contributed by atoms with van der Waals surface area (Å²) in [4.78, 5) is 14.3. The molecule has 0 radical (unpaired) electrons. The van der Waals surface area contributed by atoms with Gasteiger partial charge in [-0.3, -0.25) is 4.79 Å². The molecule has 1 aromatic heterocycles. The van der Waals surface area contributed by atoms with E-state index in [1.807, 2.05) is 32.0 Å². The van der Waals surface area contributed by atoms with Crippen LogP contribution >= 0.6 is 11.3 Å². The van der Waals surface area contributed by atoms with Gasteiger partial charge in [0.05, 0.1) is 0 Å². The molecule has 0 amide bonds. The summed E-state index contributed by atoms with van der Waals surface area (Å²) < 4.78 is 5.57. The highest BCUT2D eigenvalue weighted by atomic mass is 32.1. The number of rotatable bonds is 6. The molecule has 0 aliphatic heterocycles. The van der Waals surface area contributed by atoms with Gasteiger partial charge in [0.25, 0.3) is 0 Å². The summed E-state index contributed by atoms with van der Waals surface area (Å²) in [7, 11) is 0. The minimum absolute atomic E-state index is 0.0458. The van der Waals surface area contributed by atoms with Gasteiger partial charge >= 0.3 is 0 Å². The molecule has 0 atom stereocenters. The SMILES string of the molecule is CCCc1ccc(OCC(=O)c2cc(C)sc2C)cc1. The quantitative estimate of drug-likeness (QED) is 0.727. The predicted octanol–water partition coefficient (Wildman–Crippen LogP) is 4.58. The van der Waals surface area contributed by atoms with E-state index < -0.39 is 0 Å². The van der Waals surface area contributed by atoms with Crippen molar-refractivity contribution < 1.29 is 9.53 Å². The lowest BCUT2D eigenvalue weighted by Gasteiger charge is -2.06. The van der Waals surface area contributed by atoms with E-state index in [-0.39, 0.29) is 12.4 Å². The van der Waals surface area contributed by atoms with Gasteiger partial charge in [0.15, 0.2) is 6.61 Å². The topological polar surface area (TPSA) is 26.3 Å². The highest BCUT2D eigenvalue weighted by Gasteiger charge is 2.12. The average molecular weight is 288 g/mol. The fourth-order valence-corrected chi connectivity index (χ4v) is 3.12. The Kier molecular flexibility index (Phi) is 4.96. The van der Waals surface area contributed by atoms with E-state index in [4.69, 9.17) is 4.74 Å². The number of carbonyl (C=O) groups is 1. The van der Waals surface area contributed by atoms with Crippen molar-refractivity contribution in [3.05, 3.63) is 51.2 Å². The van der Waals surface area contributed by atoms with E-state index in [0.717, 1.165) is 33.9 Å². The Hall–Kier alpha value is -1.61. The summed E-state index contributed by atoms with van der Waals surface area (Å²) >= 11 is 1.65. The van der Waals surface area contributed by atoms with Gasteiger partial charge in [-0.25, -0.2) is 0 Å². The van der Waals surface area contributed by atoms with Crippen molar-refractivity contribution in [2.75, 3.05) is 6.61 Å². The Bertz CT molecular complexity index is 582. The summed E-state index contributed by atoms with van der Waals surface area (Å²) in [6.45, 7) is 6.25. The fraction of sp³-hybridized carbons (Fsp3) is 0.353. The summed E-state index contributed by atoms with van der Waals surface area (Å²) in [6.07, 6.45) is 2.21. The van der Waals surface area contributed by atoms with Crippen LogP contribution in [0.4, 0.5) is 0 Å². The maximum absolute atomic E-state index is 12.1. The number of ketones is 1. The van der Waals surface area contributed by atoms with Gasteiger partial charge in [0, 0.05) is 15.3 Å². The third-order valence-corrected chi connectivity index (χ3v) is 4.14. The molecule has 0 N–H and O–H groups in total. The number of thiophene rings is 1. The lowest BCUT2D eigenvalue weighted by atomic mass is 10.1. The Labute approximate surface area is 124 Å². The largest absolute Gasteiger partial charge is 0.485 e. The van der Waals surface area contributed by atoms with Gasteiger partial charge in [0.1, 0.15) is 5.75 Å². The van der Waals surface area contributed by atoms with Crippen molar-refractivity contribution in [1.29, 1.82) is 0 Å². The third-order valence-electron chi connectivity index (χ3n) is 3.17. The first-order chi connectivity index (χ1) is 9.60. The third kappa shape index (κ3) is 3.70. The zero-order valence-electron chi connectivity index (χ0n) is 12.2. The van der Waals surface area contributed by atoms with Crippen molar-refractivity contribution in [2.45, 2.75) is 33.6 Å². The van der Waals surface area contributed by atoms with E-state index in [1.165, 1.54) is 5.56 Å².